The molecule has 0 aromatic heterocycles. The van der Waals surface area contributed by atoms with Crippen molar-refractivity contribution in [3.8, 4) is 6.07 Å². The van der Waals surface area contributed by atoms with E-state index >= 15 is 0 Å². The van der Waals surface area contributed by atoms with Crippen LogP contribution in [0.5, 0.6) is 0 Å². The SMILES string of the molecule is N#CC1(O)CCCC1Cl. The monoisotopic (exact) mass is 145 g/mol. The Bertz CT molecular complexity index is 154. The number of nitriles is 1. The first-order valence-corrected chi connectivity index (χ1v) is 3.40. The molecule has 0 aliphatic heterocycles. The fourth-order valence-electron chi connectivity index (χ4n) is 1.07. The molecular formula is C6H8ClNO. The third kappa shape index (κ3) is 1.03. The maximum Gasteiger partial charge on any atom is 0.167 e. The van der Waals surface area contributed by atoms with Gasteiger partial charge < -0.3 is 5.11 Å². The molecule has 1 rings (SSSR count). The molecular weight excluding hydrogens is 138 g/mol. The van der Waals surface area contributed by atoms with Gasteiger partial charge in [0.2, 0.25) is 0 Å². The molecule has 2 nitrogen and oxygen atoms in total. The Kier molecular flexibility index (Phi) is 1.65. The summed E-state index contributed by atoms with van der Waals surface area (Å²) in [6.45, 7) is 0. The first kappa shape index (κ1) is 6.85. The van der Waals surface area contributed by atoms with Gasteiger partial charge >= 0.3 is 0 Å². The second-order valence-electron chi connectivity index (χ2n) is 2.40. The fourth-order valence-corrected chi connectivity index (χ4v) is 1.38. The highest BCUT2D eigenvalue weighted by Gasteiger charge is 2.40. The lowest BCUT2D eigenvalue weighted by molar-refractivity contribution is 0.111. The van der Waals surface area contributed by atoms with Crippen LogP contribution in [-0.4, -0.2) is 16.1 Å². The molecule has 0 amide bonds. The van der Waals surface area contributed by atoms with E-state index in [1.54, 1.807) is 0 Å². The van der Waals surface area contributed by atoms with Crippen molar-refractivity contribution in [2.45, 2.75) is 30.2 Å². The number of alkyl halides is 1. The molecule has 0 heterocycles. The third-order valence-electron chi connectivity index (χ3n) is 1.73. The summed E-state index contributed by atoms with van der Waals surface area (Å²) in [5.74, 6) is 0. The van der Waals surface area contributed by atoms with E-state index in [4.69, 9.17) is 16.9 Å². The van der Waals surface area contributed by atoms with Gasteiger partial charge in [-0.05, 0) is 19.3 Å². The van der Waals surface area contributed by atoms with E-state index in [0.29, 0.717) is 6.42 Å². The summed E-state index contributed by atoms with van der Waals surface area (Å²) >= 11 is 5.65. The number of halogens is 1. The largest absolute Gasteiger partial charge is 0.374 e. The summed E-state index contributed by atoms with van der Waals surface area (Å²) < 4.78 is 0. The van der Waals surface area contributed by atoms with Gasteiger partial charge in [0.25, 0.3) is 0 Å². The zero-order valence-corrected chi connectivity index (χ0v) is 5.73. The van der Waals surface area contributed by atoms with Gasteiger partial charge in [0, 0.05) is 0 Å². The summed E-state index contributed by atoms with van der Waals surface area (Å²) in [6.07, 6.45) is 2.14. The molecule has 0 bridgehead atoms. The molecule has 0 radical (unpaired) electrons. The molecule has 3 heteroatoms. The van der Waals surface area contributed by atoms with Gasteiger partial charge in [-0.2, -0.15) is 5.26 Å². The fraction of sp³-hybridized carbons (Fsp3) is 0.833. The maximum absolute atomic E-state index is 9.28. The Labute approximate surface area is 59.0 Å². The number of rotatable bonds is 0. The van der Waals surface area contributed by atoms with Crippen molar-refractivity contribution in [2.75, 3.05) is 0 Å². The average molecular weight is 146 g/mol. The van der Waals surface area contributed by atoms with E-state index < -0.39 is 5.60 Å². The molecule has 1 aliphatic carbocycles. The number of hydrogen-bond donors (Lipinski definition) is 1. The Balaban J connectivity index is 2.70. The van der Waals surface area contributed by atoms with E-state index in [1.165, 1.54) is 0 Å². The van der Waals surface area contributed by atoms with E-state index in [2.05, 4.69) is 0 Å². The van der Waals surface area contributed by atoms with Crippen molar-refractivity contribution in [1.29, 1.82) is 5.26 Å². The van der Waals surface area contributed by atoms with E-state index in [9.17, 15) is 5.11 Å². The summed E-state index contributed by atoms with van der Waals surface area (Å²) in [4.78, 5) is 0. The van der Waals surface area contributed by atoms with Gasteiger partial charge in [-0.1, -0.05) is 0 Å². The minimum atomic E-state index is -1.23. The minimum Gasteiger partial charge on any atom is -0.374 e. The van der Waals surface area contributed by atoms with Gasteiger partial charge in [0.05, 0.1) is 11.4 Å². The van der Waals surface area contributed by atoms with Crippen LogP contribution in [0.3, 0.4) is 0 Å². The third-order valence-corrected chi connectivity index (χ3v) is 2.31. The van der Waals surface area contributed by atoms with Crippen molar-refractivity contribution in [1.82, 2.24) is 0 Å². The number of aliphatic hydroxyl groups is 1. The summed E-state index contributed by atoms with van der Waals surface area (Å²) in [5.41, 5.74) is -1.23. The first-order chi connectivity index (χ1) is 4.19. The van der Waals surface area contributed by atoms with Crippen LogP contribution < -0.4 is 0 Å². The molecule has 0 spiro atoms. The molecule has 1 aliphatic rings. The second-order valence-corrected chi connectivity index (χ2v) is 2.92. The first-order valence-electron chi connectivity index (χ1n) is 2.97. The topological polar surface area (TPSA) is 44.0 Å². The quantitative estimate of drug-likeness (QED) is 0.409. The molecule has 2 atom stereocenters. The molecule has 2 unspecified atom stereocenters. The smallest absolute Gasteiger partial charge is 0.167 e. The Morgan fingerprint density at radius 1 is 1.78 bits per heavy atom. The number of hydrogen-bond acceptors (Lipinski definition) is 2. The lowest BCUT2D eigenvalue weighted by Gasteiger charge is -2.15. The summed E-state index contributed by atoms with van der Waals surface area (Å²) in [6, 6.07) is 1.81. The molecule has 1 N–H and O–H groups in total. The molecule has 1 fully saturated rings. The molecule has 50 valence electrons. The standard InChI is InChI=1S/C6H8ClNO/c7-5-2-1-3-6(5,9)4-8/h5,9H,1-3H2. The predicted molar refractivity (Wildman–Crippen MR) is 34.1 cm³/mol. The Hall–Kier alpha value is -0.260. The molecule has 0 saturated heterocycles. The summed E-state index contributed by atoms with van der Waals surface area (Å²) in [7, 11) is 0. The molecule has 1 saturated carbocycles. The normalized spacial score (nSPS) is 42.6. The van der Waals surface area contributed by atoms with Crippen LogP contribution in [0.15, 0.2) is 0 Å². The van der Waals surface area contributed by atoms with Gasteiger partial charge in [0.15, 0.2) is 5.60 Å². The maximum atomic E-state index is 9.28. The molecule has 0 aromatic carbocycles. The van der Waals surface area contributed by atoms with E-state index in [1.807, 2.05) is 6.07 Å². The average Bonchev–Trinajstić information content (AvgIpc) is 2.15. The second kappa shape index (κ2) is 2.17. The highest BCUT2D eigenvalue weighted by molar-refractivity contribution is 6.21. The zero-order chi connectivity index (χ0) is 6.91. The van der Waals surface area contributed by atoms with E-state index in [-0.39, 0.29) is 5.38 Å². The van der Waals surface area contributed by atoms with Crippen molar-refractivity contribution >= 4 is 11.6 Å². The van der Waals surface area contributed by atoms with Gasteiger partial charge in [-0.15, -0.1) is 11.6 Å². The van der Waals surface area contributed by atoms with Crippen molar-refractivity contribution in [2.24, 2.45) is 0 Å². The van der Waals surface area contributed by atoms with Crippen LogP contribution >= 0.6 is 11.6 Å². The van der Waals surface area contributed by atoms with Crippen LogP contribution in [-0.2, 0) is 0 Å². The van der Waals surface area contributed by atoms with Crippen molar-refractivity contribution in [3.05, 3.63) is 0 Å². The van der Waals surface area contributed by atoms with E-state index in [0.717, 1.165) is 12.8 Å². The van der Waals surface area contributed by atoms with Crippen LogP contribution in [0.2, 0.25) is 0 Å². The zero-order valence-electron chi connectivity index (χ0n) is 4.97. The number of nitrogens with zero attached hydrogens (tertiary/aromatic N) is 1. The van der Waals surface area contributed by atoms with Crippen molar-refractivity contribution in [3.63, 3.8) is 0 Å². The predicted octanol–water partition coefficient (Wildman–Crippen LogP) is 1.03. The van der Waals surface area contributed by atoms with Gasteiger partial charge in [-0.25, -0.2) is 0 Å². The summed E-state index contributed by atoms with van der Waals surface area (Å²) in [5, 5.41) is 17.3. The lowest BCUT2D eigenvalue weighted by atomic mass is 10.1. The van der Waals surface area contributed by atoms with Crippen LogP contribution in [0, 0.1) is 11.3 Å². The minimum absolute atomic E-state index is 0.359. The van der Waals surface area contributed by atoms with Crippen LogP contribution in [0.4, 0.5) is 0 Å². The molecule has 0 aromatic rings. The van der Waals surface area contributed by atoms with Crippen LogP contribution in [0.25, 0.3) is 0 Å². The van der Waals surface area contributed by atoms with Crippen LogP contribution in [0.1, 0.15) is 19.3 Å². The highest BCUT2D eigenvalue weighted by atomic mass is 35.5. The van der Waals surface area contributed by atoms with Crippen molar-refractivity contribution < 1.29 is 5.11 Å². The lowest BCUT2D eigenvalue weighted by Crippen LogP contribution is -2.31. The van der Waals surface area contributed by atoms with Gasteiger partial charge in [-0.3, -0.25) is 0 Å². The highest BCUT2D eigenvalue weighted by Crippen LogP contribution is 2.33. The Morgan fingerprint density at radius 3 is 2.67 bits per heavy atom. The Morgan fingerprint density at radius 2 is 2.44 bits per heavy atom. The van der Waals surface area contributed by atoms with Gasteiger partial charge in [0.1, 0.15) is 0 Å². The molecule has 9 heavy (non-hydrogen) atoms.